The van der Waals surface area contributed by atoms with Crippen LogP contribution in [0.1, 0.15) is 49.8 Å². The van der Waals surface area contributed by atoms with Crippen molar-refractivity contribution in [1.29, 1.82) is 0 Å². The van der Waals surface area contributed by atoms with Crippen LogP contribution in [0.5, 0.6) is 0 Å². The third kappa shape index (κ3) is 2.95. The minimum absolute atomic E-state index is 0.422. The topological polar surface area (TPSA) is 38.0 Å². The Hall–Kier alpha value is -0.380. The molecule has 0 bridgehead atoms. The fourth-order valence-corrected chi connectivity index (χ4v) is 4.37. The zero-order chi connectivity index (χ0) is 13.2. The molecule has 1 saturated carbocycles. The van der Waals surface area contributed by atoms with Gasteiger partial charge < -0.3 is 0 Å². The van der Waals surface area contributed by atoms with Gasteiger partial charge in [0.15, 0.2) is 0 Å². The lowest BCUT2D eigenvalue weighted by atomic mass is 9.76. The summed E-state index contributed by atoms with van der Waals surface area (Å²) >= 11 is 1.94. The van der Waals surface area contributed by atoms with Gasteiger partial charge in [0, 0.05) is 15.8 Å². The molecule has 0 aromatic carbocycles. The van der Waals surface area contributed by atoms with Crippen LogP contribution in [0.15, 0.2) is 12.1 Å². The molecular formula is C15H26N2S. The molecule has 1 aromatic heterocycles. The second kappa shape index (κ2) is 5.72. The summed E-state index contributed by atoms with van der Waals surface area (Å²) in [6.45, 7) is 7.00. The number of hydrazine groups is 1. The van der Waals surface area contributed by atoms with E-state index in [1.54, 1.807) is 0 Å². The molecule has 0 amide bonds. The molecule has 102 valence electrons. The highest BCUT2D eigenvalue weighted by Gasteiger charge is 2.39. The highest BCUT2D eigenvalue weighted by molar-refractivity contribution is 7.11. The molecule has 0 saturated heterocycles. The number of rotatable bonds is 5. The van der Waals surface area contributed by atoms with Crippen LogP contribution >= 0.6 is 11.3 Å². The van der Waals surface area contributed by atoms with Crippen LogP contribution in [0, 0.1) is 11.3 Å². The Kier molecular flexibility index (Phi) is 4.46. The lowest BCUT2D eigenvalue weighted by Crippen LogP contribution is -2.45. The summed E-state index contributed by atoms with van der Waals surface area (Å²) < 4.78 is 0. The summed E-state index contributed by atoms with van der Waals surface area (Å²) in [5.74, 6) is 6.52. The fraction of sp³-hybridized carbons (Fsp3) is 0.733. The van der Waals surface area contributed by atoms with E-state index in [1.165, 1.54) is 29.0 Å². The van der Waals surface area contributed by atoms with E-state index in [0.29, 0.717) is 17.4 Å². The van der Waals surface area contributed by atoms with Crippen LogP contribution in [0.2, 0.25) is 0 Å². The van der Waals surface area contributed by atoms with Crippen LogP contribution < -0.4 is 11.3 Å². The molecule has 2 nitrogen and oxygen atoms in total. The Morgan fingerprint density at radius 3 is 2.67 bits per heavy atom. The Balaban J connectivity index is 2.05. The maximum Gasteiger partial charge on any atom is 0.0292 e. The Labute approximate surface area is 115 Å². The fourth-order valence-electron chi connectivity index (χ4n) is 3.36. The van der Waals surface area contributed by atoms with Crippen molar-refractivity contribution in [3.63, 3.8) is 0 Å². The van der Waals surface area contributed by atoms with Crippen molar-refractivity contribution in [2.45, 2.75) is 58.9 Å². The van der Waals surface area contributed by atoms with Gasteiger partial charge in [0.25, 0.3) is 0 Å². The zero-order valence-electron chi connectivity index (χ0n) is 11.8. The number of hydrogen-bond acceptors (Lipinski definition) is 3. The summed E-state index contributed by atoms with van der Waals surface area (Å²) in [7, 11) is 0. The Morgan fingerprint density at radius 2 is 2.17 bits per heavy atom. The monoisotopic (exact) mass is 266 g/mol. The van der Waals surface area contributed by atoms with Crippen molar-refractivity contribution in [3.05, 3.63) is 21.9 Å². The third-order valence-corrected chi connectivity index (χ3v) is 5.78. The van der Waals surface area contributed by atoms with E-state index in [0.717, 1.165) is 12.8 Å². The predicted molar refractivity (Wildman–Crippen MR) is 79.6 cm³/mol. The van der Waals surface area contributed by atoms with Crippen molar-refractivity contribution >= 4 is 11.3 Å². The summed E-state index contributed by atoms with van der Waals surface area (Å²) in [5.41, 5.74) is 3.51. The van der Waals surface area contributed by atoms with E-state index in [2.05, 4.69) is 38.3 Å². The van der Waals surface area contributed by atoms with Crippen LogP contribution in [0.4, 0.5) is 0 Å². The second-order valence-corrected chi connectivity index (χ2v) is 7.44. The first kappa shape index (κ1) is 14.0. The highest BCUT2D eigenvalue weighted by Crippen LogP contribution is 2.45. The van der Waals surface area contributed by atoms with E-state index in [-0.39, 0.29) is 0 Å². The normalized spacial score (nSPS) is 24.3. The number of thiophene rings is 1. The smallest absolute Gasteiger partial charge is 0.0292 e. The first-order chi connectivity index (χ1) is 8.56. The van der Waals surface area contributed by atoms with Crippen molar-refractivity contribution in [2.75, 3.05) is 0 Å². The minimum Gasteiger partial charge on any atom is -0.271 e. The van der Waals surface area contributed by atoms with Crippen LogP contribution in [-0.4, -0.2) is 6.04 Å². The molecule has 2 atom stereocenters. The van der Waals surface area contributed by atoms with Gasteiger partial charge >= 0.3 is 0 Å². The maximum atomic E-state index is 5.82. The molecule has 1 aliphatic rings. The van der Waals surface area contributed by atoms with E-state index in [1.807, 2.05) is 11.3 Å². The molecule has 1 fully saturated rings. The summed E-state index contributed by atoms with van der Waals surface area (Å²) in [6, 6.07) is 4.95. The van der Waals surface area contributed by atoms with Crippen LogP contribution in [0.3, 0.4) is 0 Å². The number of nitrogens with two attached hydrogens (primary N) is 1. The predicted octanol–water partition coefficient (Wildman–Crippen LogP) is 3.51. The molecule has 18 heavy (non-hydrogen) atoms. The Morgan fingerprint density at radius 1 is 1.44 bits per heavy atom. The molecule has 1 heterocycles. The highest BCUT2D eigenvalue weighted by atomic mass is 32.1. The van der Waals surface area contributed by atoms with Crippen molar-refractivity contribution in [3.8, 4) is 0 Å². The van der Waals surface area contributed by atoms with Crippen molar-refractivity contribution in [1.82, 2.24) is 5.43 Å². The Bertz CT molecular complexity index is 384. The molecule has 2 unspecified atom stereocenters. The minimum atomic E-state index is 0.422. The molecule has 3 N–H and O–H groups in total. The van der Waals surface area contributed by atoms with E-state index in [4.69, 9.17) is 5.84 Å². The summed E-state index contributed by atoms with van der Waals surface area (Å²) in [4.78, 5) is 2.95. The molecule has 1 aliphatic carbocycles. The lowest BCUT2D eigenvalue weighted by Gasteiger charge is -2.33. The van der Waals surface area contributed by atoms with E-state index < -0.39 is 0 Å². The van der Waals surface area contributed by atoms with E-state index in [9.17, 15) is 0 Å². The maximum absolute atomic E-state index is 5.82. The van der Waals surface area contributed by atoms with E-state index >= 15 is 0 Å². The molecule has 1 aromatic rings. The number of aryl methyl sites for hydroxylation is 1. The van der Waals surface area contributed by atoms with Gasteiger partial charge in [-0.15, -0.1) is 11.3 Å². The lowest BCUT2D eigenvalue weighted by molar-refractivity contribution is 0.197. The van der Waals surface area contributed by atoms with Gasteiger partial charge in [-0.25, -0.2) is 0 Å². The zero-order valence-corrected chi connectivity index (χ0v) is 12.6. The van der Waals surface area contributed by atoms with Gasteiger partial charge in [-0.3, -0.25) is 11.3 Å². The SMILES string of the molecule is CCc1ccc(CC(NN)C2CCCC2(C)C)s1. The summed E-state index contributed by atoms with van der Waals surface area (Å²) in [5, 5.41) is 0. The first-order valence-corrected chi connectivity index (χ1v) is 7.92. The first-order valence-electron chi connectivity index (χ1n) is 7.10. The quantitative estimate of drug-likeness (QED) is 0.632. The standard InChI is InChI=1S/C15H26N2S/c1-4-11-7-8-12(18-11)10-14(17-16)13-6-5-9-15(13,2)3/h7-8,13-14,17H,4-6,9-10,16H2,1-3H3. The average molecular weight is 266 g/mol. The largest absolute Gasteiger partial charge is 0.271 e. The van der Waals surface area contributed by atoms with Gasteiger partial charge in [-0.1, -0.05) is 27.2 Å². The number of hydrogen-bond donors (Lipinski definition) is 2. The molecule has 2 rings (SSSR count). The molecule has 0 spiro atoms. The molecular weight excluding hydrogens is 240 g/mol. The molecule has 0 aliphatic heterocycles. The van der Waals surface area contributed by atoms with Gasteiger partial charge in [0.1, 0.15) is 0 Å². The van der Waals surface area contributed by atoms with Gasteiger partial charge in [-0.05, 0) is 49.1 Å². The third-order valence-electron chi connectivity index (χ3n) is 4.53. The van der Waals surface area contributed by atoms with Crippen LogP contribution in [-0.2, 0) is 12.8 Å². The average Bonchev–Trinajstić information content (AvgIpc) is 2.92. The van der Waals surface area contributed by atoms with Gasteiger partial charge in [-0.2, -0.15) is 0 Å². The van der Waals surface area contributed by atoms with Gasteiger partial charge in [0.2, 0.25) is 0 Å². The second-order valence-electron chi connectivity index (χ2n) is 6.19. The number of nitrogens with one attached hydrogen (secondary N) is 1. The molecule has 3 heteroatoms. The van der Waals surface area contributed by atoms with Crippen molar-refractivity contribution < 1.29 is 0 Å². The van der Waals surface area contributed by atoms with Gasteiger partial charge in [0.05, 0.1) is 0 Å². The van der Waals surface area contributed by atoms with Crippen molar-refractivity contribution in [2.24, 2.45) is 17.2 Å². The molecule has 0 radical (unpaired) electrons. The summed E-state index contributed by atoms with van der Waals surface area (Å²) in [6.07, 6.45) is 6.21. The van der Waals surface area contributed by atoms with Crippen LogP contribution in [0.25, 0.3) is 0 Å².